The van der Waals surface area contributed by atoms with Crippen molar-refractivity contribution in [2.75, 3.05) is 7.11 Å². The lowest BCUT2D eigenvalue weighted by molar-refractivity contribution is -0.140. The Morgan fingerprint density at radius 3 is 2.87 bits per heavy atom. The van der Waals surface area contributed by atoms with Crippen LogP contribution in [0, 0.1) is 0 Å². The second kappa shape index (κ2) is 6.12. The van der Waals surface area contributed by atoms with Gasteiger partial charge in [0.15, 0.2) is 0 Å². The number of esters is 1. The van der Waals surface area contributed by atoms with Gasteiger partial charge in [0.25, 0.3) is 0 Å². The fraction of sp³-hybridized carbons (Fsp3) is 0.222. The first-order valence-electron chi connectivity index (χ1n) is 7.39. The van der Waals surface area contributed by atoms with E-state index in [-0.39, 0.29) is 11.7 Å². The van der Waals surface area contributed by atoms with Crippen LogP contribution in [0.1, 0.15) is 12.0 Å². The summed E-state index contributed by atoms with van der Waals surface area (Å²) in [6.07, 6.45) is 2.70. The number of aromatic nitrogens is 2. The Bertz CT molecular complexity index is 868. The van der Waals surface area contributed by atoms with E-state index in [1.807, 2.05) is 42.1 Å². The fourth-order valence-corrected chi connectivity index (χ4v) is 2.65. The molecule has 118 valence electrons. The van der Waals surface area contributed by atoms with Crippen molar-refractivity contribution in [3.05, 3.63) is 48.2 Å². The first-order chi connectivity index (χ1) is 11.1. The SMILES string of the molecule is COC(=O)CCc1ccc(O)c(-c2ccc3c(cnn3C)c2)c1. The zero-order valence-corrected chi connectivity index (χ0v) is 13.1. The Morgan fingerprint density at radius 1 is 1.26 bits per heavy atom. The molecule has 1 aromatic heterocycles. The largest absolute Gasteiger partial charge is 0.507 e. The molecule has 5 heteroatoms. The van der Waals surface area contributed by atoms with E-state index >= 15 is 0 Å². The van der Waals surface area contributed by atoms with Gasteiger partial charge in [-0.05, 0) is 41.8 Å². The molecule has 5 nitrogen and oxygen atoms in total. The van der Waals surface area contributed by atoms with Gasteiger partial charge in [0.05, 0.1) is 18.8 Å². The minimum atomic E-state index is -0.239. The van der Waals surface area contributed by atoms with Gasteiger partial charge in [-0.3, -0.25) is 9.48 Å². The number of phenols is 1. The minimum Gasteiger partial charge on any atom is -0.507 e. The average Bonchev–Trinajstić information content (AvgIpc) is 2.94. The topological polar surface area (TPSA) is 64.3 Å². The summed E-state index contributed by atoms with van der Waals surface area (Å²) in [5, 5.41) is 15.4. The first kappa shape index (κ1) is 15.1. The van der Waals surface area contributed by atoms with Gasteiger partial charge >= 0.3 is 5.97 Å². The summed E-state index contributed by atoms with van der Waals surface area (Å²) in [5.41, 5.74) is 3.69. The predicted octanol–water partition coefficient (Wildman–Crippen LogP) is 3.05. The molecular weight excluding hydrogens is 292 g/mol. The molecule has 1 heterocycles. The number of methoxy groups -OCH3 is 1. The Hall–Kier alpha value is -2.82. The predicted molar refractivity (Wildman–Crippen MR) is 88.2 cm³/mol. The van der Waals surface area contributed by atoms with E-state index in [0.717, 1.165) is 27.6 Å². The number of fused-ring (bicyclic) bond motifs is 1. The summed E-state index contributed by atoms with van der Waals surface area (Å²) in [5.74, 6) is -0.0218. The first-order valence-corrected chi connectivity index (χ1v) is 7.39. The van der Waals surface area contributed by atoms with Crippen molar-refractivity contribution >= 4 is 16.9 Å². The third-order valence-electron chi connectivity index (χ3n) is 3.96. The molecular formula is C18H18N2O3. The van der Waals surface area contributed by atoms with Crippen molar-refractivity contribution < 1.29 is 14.6 Å². The molecule has 0 aliphatic rings. The maximum absolute atomic E-state index is 11.3. The normalized spacial score (nSPS) is 10.9. The molecule has 0 bridgehead atoms. The van der Waals surface area contributed by atoms with Crippen molar-refractivity contribution in [1.82, 2.24) is 9.78 Å². The van der Waals surface area contributed by atoms with E-state index in [9.17, 15) is 9.90 Å². The third kappa shape index (κ3) is 3.04. The molecule has 0 amide bonds. The highest BCUT2D eigenvalue weighted by Gasteiger charge is 2.09. The van der Waals surface area contributed by atoms with E-state index < -0.39 is 0 Å². The molecule has 0 saturated heterocycles. The molecule has 0 atom stereocenters. The van der Waals surface area contributed by atoms with Crippen molar-refractivity contribution in [3.8, 4) is 16.9 Å². The molecule has 0 unspecified atom stereocenters. The van der Waals surface area contributed by atoms with Crippen LogP contribution in [0.15, 0.2) is 42.6 Å². The maximum Gasteiger partial charge on any atom is 0.305 e. The Balaban J connectivity index is 1.95. The van der Waals surface area contributed by atoms with E-state index in [1.165, 1.54) is 7.11 Å². The lowest BCUT2D eigenvalue weighted by Gasteiger charge is -2.08. The number of rotatable bonds is 4. The summed E-state index contributed by atoms with van der Waals surface area (Å²) in [7, 11) is 3.28. The van der Waals surface area contributed by atoms with Crippen LogP contribution in [0.5, 0.6) is 5.75 Å². The number of phenolic OH excluding ortho intramolecular Hbond substituents is 1. The highest BCUT2D eigenvalue weighted by molar-refractivity contribution is 5.86. The number of benzene rings is 2. The number of hydrogen-bond acceptors (Lipinski definition) is 4. The van der Waals surface area contributed by atoms with Gasteiger partial charge in [-0.25, -0.2) is 0 Å². The van der Waals surface area contributed by atoms with E-state index in [4.69, 9.17) is 0 Å². The van der Waals surface area contributed by atoms with Crippen LogP contribution >= 0.6 is 0 Å². The quantitative estimate of drug-likeness (QED) is 0.752. The van der Waals surface area contributed by atoms with Gasteiger partial charge in [0, 0.05) is 24.4 Å². The summed E-state index contributed by atoms with van der Waals surface area (Å²) in [6.45, 7) is 0. The Morgan fingerprint density at radius 2 is 2.09 bits per heavy atom. The average molecular weight is 310 g/mol. The van der Waals surface area contributed by atoms with Gasteiger partial charge in [0.1, 0.15) is 5.75 Å². The Labute approximate surface area is 134 Å². The zero-order valence-electron chi connectivity index (χ0n) is 13.1. The molecule has 0 saturated carbocycles. The highest BCUT2D eigenvalue weighted by atomic mass is 16.5. The van der Waals surface area contributed by atoms with Gasteiger partial charge in [-0.1, -0.05) is 12.1 Å². The van der Waals surface area contributed by atoms with E-state index in [2.05, 4.69) is 9.84 Å². The second-order valence-corrected chi connectivity index (χ2v) is 5.47. The number of nitrogens with zero attached hydrogens (tertiary/aromatic N) is 2. The molecule has 0 radical (unpaired) electrons. The van der Waals surface area contributed by atoms with Crippen LogP contribution in [0.25, 0.3) is 22.0 Å². The summed E-state index contributed by atoms with van der Waals surface area (Å²) in [6, 6.07) is 11.3. The van der Waals surface area contributed by atoms with Gasteiger partial charge < -0.3 is 9.84 Å². The van der Waals surface area contributed by atoms with Crippen LogP contribution in [0.3, 0.4) is 0 Å². The molecule has 1 N–H and O–H groups in total. The number of aromatic hydroxyl groups is 1. The van der Waals surface area contributed by atoms with Gasteiger partial charge in [-0.15, -0.1) is 0 Å². The van der Waals surface area contributed by atoms with Crippen LogP contribution < -0.4 is 0 Å². The number of hydrogen-bond donors (Lipinski definition) is 1. The summed E-state index contributed by atoms with van der Waals surface area (Å²) >= 11 is 0. The monoisotopic (exact) mass is 310 g/mol. The molecule has 2 aromatic carbocycles. The van der Waals surface area contributed by atoms with Crippen LogP contribution in [-0.4, -0.2) is 28.0 Å². The lowest BCUT2D eigenvalue weighted by atomic mass is 9.99. The number of aryl methyl sites for hydroxylation is 2. The van der Waals surface area contributed by atoms with Gasteiger partial charge in [-0.2, -0.15) is 5.10 Å². The van der Waals surface area contributed by atoms with E-state index in [0.29, 0.717) is 12.8 Å². The zero-order chi connectivity index (χ0) is 16.4. The van der Waals surface area contributed by atoms with Crippen molar-refractivity contribution in [2.45, 2.75) is 12.8 Å². The van der Waals surface area contributed by atoms with Crippen LogP contribution in [-0.2, 0) is 23.0 Å². The summed E-state index contributed by atoms with van der Waals surface area (Å²) in [4.78, 5) is 11.3. The minimum absolute atomic E-state index is 0.218. The fourth-order valence-electron chi connectivity index (χ4n) is 2.65. The Kier molecular flexibility index (Phi) is 4.02. The van der Waals surface area contributed by atoms with Crippen molar-refractivity contribution in [1.29, 1.82) is 0 Å². The number of carbonyl (C=O) groups excluding carboxylic acids is 1. The van der Waals surface area contributed by atoms with Crippen LogP contribution in [0.4, 0.5) is 0 Å². The highest BCUT2D eigenvalue weighted by Crippen LogP contribution is 2.32. The third-order valence-corrected chi connectivity index (χ3v) is 3.96. The summed E-state index contributed by atoms with van der Waals surface area (Å²) < 4.78 is 6.47. The number of carbonyl (C=O) groups is 1. The second-order valence-electron chi connectivity index (χ2n) is 5.47. The standard InChI is InChI=1S/C18H18N2O3/c1-20-16-6-5-13(10-14(16)11-19-20)15-9-12(3-7-17(15)21)4-8-18(22)23-2/h3,5-7,9-11,21H,4,8H2,1-2H3. The molecule has 3 rings (SSSR count). The molecule has 0 aliphatic carbocycles. The molecule has 0 spiro atoms. The molecule has 0 aliphatic heterocycles. The van der Waals surface area contributed by atoms with E-state index in [1.54, 1.807) is 12.3 Å². The lowest BCUT2D eigenvalue weighted by Crippen LogP contribution is -2.01. The van der Waals surface area contributed by atoms with Crippen molar-refractivity contribution in [2.24, 2.45) is 7.05 Å². The van der Waals surface area contributed by atoms with Gasteiger partial charge in [0.2, 0.25) is 0 Å². The number of ether oxygens (including phenoxy) is 1. The molecule has 23 heavy (non-hydrogen) atoms. The molecule has 3 aromatic rings. The smallest absolute Gasteiger partial charge is 0.305 e. The van der Waals surface area contributed by atoms with Crippen LogP contribution in [0.2, 0.25) is 0 Å². The maximum atomic E-state index is 11.3. The van der Waals surface area contributed by atoms with Crippen molar-refractivity contribution in [3.63, 3.8) is 0 Å². The molecule has 0 fully saturated rings.